The number of nitrogens with one attached hydrogen (secondary N) is 1. The van der Waals surface area contributed by atoms with Gasteiger partial charge in [-0.15, -0.1) is 0 Å². The highest BCUT2D eigenvalue weighted by molar-refractivity contribution is 7.07. The Labute approximate surface area is 63.7 Å². The standard InChI is InChI=1S/C7H8N2S/c1-3-8-5-6(1)7-2-4-9-10-7/h1-2,4,8H,3,5H2. The van der Waals surface area contributed by atoms with Crippen LogP contribution in [-0.4, -0.2) is 17.5 Å². The van der Waals surface area contributed by atoms with Crippen LogP contribution >= 0.6 is 11.5 Å². The predicted molar refractivity (Wildman–Crippen MR) is 43.0 cm³/mol. The van der Waals surface area contributed by atoms with E-state index in [9.17, 15) is 0 Å². The van der Waals surface area contributed by atoms with Gasteiger partial charge in [-0.1, -0.05) is 6.08 Å². The SMILES string of the molecule is C1=C(c2ccns2)CNC1. The van der Waals surface area contributed by atoms with Crippen molar-refractivity contribution >= 4 is 17.1 Å². The van der Waals surface area contributed by atoms with E-state index in [1.54, 1.807) is 11.5 Å². The molecule has 0 unspecified atom stereocenters. The Morgan fingerprint density at radius 1 is 1.60 bits per heavy atom. The first-order valence-electron chi connectivity index (χ1n) is 3.27. The molecule has 0 aromatic carbocycles. The highest BCUT2D eigenvalue weighted by Gasteiger charge is 2.06. The maximum Gasteiger partial charge on any atom is 0.0519 e. The van der Waals surface area contributed by atoms with Crippen LogP contribution in [0, 0.1) is 0 Å². The van der Waals surface area contributed by atoms with Crippen molar-refractivity contribution in [3.05, 3.63) is 23.2 Å². The molecule has 0 radical (unpaired) electrons. The van der Waals surface area contributed by atoms with E-state index in [1.165, 1.54) is 10.5 Å². The fraction of sp³-hybridized carbons (Fsp3) is 0.286. The van der Waals surface area contributed by atoms with Gasteiger partial charge in [0.15, 0.2) is 0 Å². The van der Waals surface area contributed by atoms with Gasteiger partial charge in [0, 0.05) is 19.3 Å². The summed E-state index contributed by atoms with van der Waals surface area (Å²) in [6.45, 7) is 2.01. The van der Waals surface area contributed by atoms with Crippen molar-refractivity contribution in [1.82, 2.24) is 9.69 Å². The molecule has 3 heteroatoms. The Morgan fingerprint density at radius 2 is 2.60 bits per heavy atom. The van der Waals surface area contributed by atoms with Gasteiger partial charge in [0.05, 0.1) is 4.88 Å². The van der Waals surface area contributed by atoms with E-state index in [0.29, 0.717) is 0 Å². The first kappa shape index (κ1) is 6.07. The molecule has 2 rings (SSSR count). The lowest BCUT2D eigenvalue weighted by Crippen LogP contribution is -2.07. The van der Waals surface area contributed by atoms with Crippen molar-refractivity contribution < 1.29 is 0 Å². The Hall–Kier alpha value is -0.670. The van der Waals surface area contributed by atoms with E-state index < -0.39 is 0 Å². The van der Waals surface area contributed by atoms with Crippen LogP contribution in [-0.2, 0) is 0 Å². The molecule has 1 aromatic heterocycles. The molecular formula is C7H8N2S. The monoisotopic (exact) mass is 152 g/mol. The Kier molecular flexibility index (Phi) is 1.53. The zero-order chi connectivity index (χ0) is 6.81. The van der Waals surface area contributed by atoms with Gasteiger partial charge >= 0.3 is 0 Å². The van der Waals surface area contributed by atoms with Gasteiger partial charge in [0.1, 0.15) is 0 Å². The summed E-state index contributed by atoms with van der Waals surface area (Å²) in [4.78, 5) is 1.30. The Bertz CT molecular complexity index is 238. The fourth-order valence-corrected chi connectivity index (χ4v) is 1.67. The second kappa shape index (κ2) is 2.52. The molecule has 10 heavy (non-hydrogen) atoms. The van der Waals surface area contributed by atoms with E-state index in [0.717, 1.165) is 13.1 Å². The largest absolute Gasteiger partial charge is 0.309 e. The molecule has 2 heterocycles. The van der Waals surface area contributed by atoms with Gasteiger partial charge in [0.25, 0.3) is 0 Å². The maximum atomic E-state index is 4.04. The average Bonchev–Trinajstić information content (AvgIpc) is 2.59. The number of nitrogens with zero attached hydrogens (tertiary/aromatic N) is 1. The van der Waals surface area contributed by atoms with E-state index in [4.69, 9.17) is 0 Å². The van der Waals surface area contributed by atoms with Gasteiger partial charge in [-0.3, -0.25) is 0 Å². The molecule has 0 saturated carbocycles. The van der Waals surface area contributed by atoms with Crippen LogP contribution in [0.2, 0.25) is 0 Å². The zero-order valence-corrected chi connectivity index (χ0v) is 6.32. The summed E-state index contributed by atoms with van der Waals surface area (Å²) in [5, 5.41) is 3.25. The van der Waals surface area contributed by atoms with Crippen molar-refractivity contribution in [3.63, 3.8) is 0 Å². The van der Waals surface area contributed by atoms with Crippen molar-refractivity contribution in [2.75, 3.05) is 13.1 Å². The third kappa shape index (κ3) is 0.978. The lowest BCUT2D eigenvalue weighted by molar-refractivity contribution is 0.898. The van der Waals surface area contributed by atoms with Crippen LogP contribution in [0.25, 0.3) is 5.57 Å². The predicted octanol–water partition coefficient (Wildman–Crippen LogP) is 1.13. The van der Waals surface area contributed by atoms with Gasteiger partial charge in [0.2, 0.25) is 0 Å². The summed E-state index contributed by atoms with van der Waals surface area (Å²) < 4.78 is 4.04. The molecule has 0 aliphatic carbocycles. The van der Waals surface area contributed by atoms with Crippen molar-refractivity contribution in [2.45, 2.75) is 0 Å². The minimum Gasteiger partial charge on any atom is -0.309 e. The second-order valence-electron chi connectivity index (χ2n) is 2.24. The molecule has 1 aliphatic rings. The van der Waals surface area contributed by atoms with Crippen LogP contribution in [0.5, 0.6) is 0 Å². The van der Waals surface area contributed by atoms with Crippen LogP contribution < -0.4 is 5.32 Å². The van der Waals surface area contributed by atoms with E-state index >= 15 is 0 Å². The van der Waals surface area contributed by atoms with Crippen LogP contribution in [0.15, 0.2) is 18.3 Å². The maximum absolute atomic E-state index is 4.04. The molecule has 2 nitrogen and oxygen atoms in total. The lowest BCUT2D eigenvalue weighted by Gasteiger charge is -1.92. The van der Waals surface area contributed by atoms with Gasteiger partial charge in [-0.25, -0.2) is 4.37 Å². The normalized spacial score (nSPS) is 17.4. The van der Waals surface area contributed by atoms with Gasteiger partial charge < -0.3 is 5.32 Å². The van der Waals surface area contributed by atoms with Crippen LogP contribution in [0.1, 0.15) is 4.88 Å². The molecule has 0 saturated heterocycles. The number of hydrogen-bond acceptors (Lipinski definition) is 3. The summed E-state index contributed by atoms with van der Waals surface area (Å²) >= 11 is 1.56. The quantitative estimate of drug-likeness (QED) is 0.652. The highest BCUT2D eigenvalue weighted by atomic mass is 32.1. The molecule has 52 valence electrons. The minimum atomic E-state index is 1.00. The molecule has 1 aromatic rings. The topological polar surface area (TPSA) is 24.9 Å². The molecule has 0 amide bonds. The average molecular weight is 152 g/mol. The summed E-state index contributed by atoms with van der Waals surface area (Å²) in [5.74, 6) is 0. The zero-order valence-electron chi connectivity index (χ0n) is 5.50. The molecular weight excluding hydrogens is 144 g/mol. The van der Waals surface area contributed by atoms with Crippen LogP contribution in [0.4, 0.5) is 0 Å². The molecule has 0 bridgehead atoms. The van der Waals surface area contributed by atoms with E-state index in [1.807, 2.05) is 6.20 Å². The minimum absolute atomic E-state index is 1.00. The van der Waals surface area contributed by atoms with Crippen molar-refractivity contribution in [2.24, 2.45) is 0 Å². The van der Waals surface area contributed by atoms with Gasteiger partial charge in [-0.05, 0) is 23.2 Å². The van der Waals surface area contributed by atoms with Crippen molar-refractivity contribution in [1.29, 1.82) is 0 Å². The second-order valence-corrected chi connectivity index (χ2v) is 3.07. The molecule has 0 atom stereocenters. The summed E-state index contributed by atoms with van der Waals surface area (Å²) in [7, 11) is 0. The van der Waals surface area contributed by atoms with Gasteiger partial charge in [-0.2, -0.15) is 0 Å². The lowest BCUT2D eigenvalue weighted by atomic mass is 10.2. The number of aromatic nitrogens is 1. The number of rotatable bonds is 1. The van der Waals surface area contributed by atoms with Crippen LogP contribution in [0.3, 0.4) is 0 Å². The third-order valence-electron chi connectivity index (χ3n) is 1.56. The summed E-state index contributed by atoms with van der Waals surface area (Å²) in [6.07, 6.45) is 4.06. The van der Waals surface area contributed by atoms with E-state index in [-0.39, 0.29) is 0 Å². The first-order valence-corrected chi connectivity index (χ1v) is 4.05. The Balaban J connectivity index is 2.28. The molecule has 1 N–H and O–H groups in total. The smallest absolute Gasteiger partial charge is 0.0519 e. The molecule has 0 fully saturated rings. The first-order chi connectivity index (χ1) is 4.97. The fourth-order valence-electron chi connectivity index (χ4n) is 1.04. The summed E-state index contributed by atoms with van der Waals surface area (Å²) in [5.41, 5.74) is 1.39. The van der Waals surface area contributed by atoms with Crippen molar-refractivity contribution in [3.8, 4) is 0 Å². The third-order valence-corrected chi connectivity index (χ3v) is 2.38. The molecule has 1 aliphatic heterocycles. The molecule has 0 spiro atoms. The Morgan fingerprint density at radius 3 is 3.20 bits per heavy atom. The van der Waals surface area contributed by atoms with E-state index in [2.05, 4.69) is 21.8 Å². The highest BCUT2D eigenvalue weighted by Crippen LogP contribution is 2.18. The number of hydrogen-bond donors (Lipinski definition) is 1. The summed E-state index contributed by atoms with van der Waals surface area (Å²) in [6, 6.07) is 2.06.